The molecule has 8 heteroatoms. The second-order valence-electron chi connectivity index (χ2n) is 5.87. The molecule has 0 aliphatic carbocycles. The van der Waals surface area contributed by atoms with Crippen LogP contribution in [0, 0.1) is 5.82 Å². The average Bonchev–Trinajstić information content (AvgIpc) is 2.97. The van der Waals surface area contributed by atoms with Gasteiger partial charge in [-0.05, 0) is 36.5 Å². The summed E-state index contributed by atoms with van der Waals surface area (Å²) in [6, 6.07) is 2.49. The zero-order chi connectivity index (χ0) is 17.5. The summed E-state index contributed by atoms with van der Waals surface area (Å²) in [5.41, 5.74) is 6.81. The van der Waals surface area contributed by atoms with Gasteiger partial charge in [-0.2, -0.15) is 4.31 Å². The Morgan fingerprint density at radius 3 is 2.62 bits per heavy atom. The van der Waals surface area contributed by atoms with Crippen molar-refractivity contribution in [3.8, 4) is 0 Å². The van der Waals surface area contributed by atoms with E-state index in [0.29, 0.717) is 36.8 Å². The lowest BCUT2D eigenvalue weighted by molar-refractivity contribution is 0.100. The summed E-state index contributed by atoms with van der Waals surface area (Å²) in [4.78, 5) is 14.5. The van der Waals surface area contributed by atoms with Gasteiger partial charge >= 0.3 is 0 Å². The Balaban J connectivity index is 1.92. The highest BCUT2D eigenvalue weighted by molar-refractivity contribution is 7.92. The number of hydrogen-bond acceptors (Lipinski definition) is 3. The summed E-state index contributed by atoms with van der Waals surface area (Å²) < 4.78 is 38.9. The van der Waals surface area contributed by atoms with Gasteiger partial charge in [-0.15, -0.1) is 0 Å². The molecule has 0 spiro atoms. The Morgan fingerprint density at radius 1 is 1.38 bits per heavy atom. The number of aromatic nitrogens is 1. The number of nitrogens with zero attached hydrogens (tertiary/aromatic N) is 1. The highest BCUT2D eigenvalue weighted by Gasteiger charge is 2.28. The predicted octanol–water partition coefficient (Wildman–Crippen LogP) is 2.06. The predicted molar refractivity (Wildman–Crippen MR) is 89.4 cm³/mol. The number of halogens is 1. The van der Waals surface area contributed by atoms with Crippen LogP contribution < -0.4 is 5.73 Å². The van der Waals surface area contributed by atoms with Crippen molar-refractivity contribution in [1.29, 1.82) is 0 Å². The zero-order valence-corrected chi connectivity index (χ0v) is 13.8. The molecule has 0 radical (unpaired) electrons. The molecular formula is C16H18FN3O3S. The number of sulfonamides is 1. The molecule has 1 aliphatic rings. The van der Waals surface area contributed by atoms with E-state index in [4.69, 9.17) is 5.73 Å². The number of nitrogens with two attached hydrogens (primary N) is 1. The first-order valence-electron chi connectivity index (χ1n) is 7.56. The third-order valence-electron chi connectivity index (χ3n) is 4.52. The molecule has 128 valence electrons. The van der Waals surface area contributed by atoms with Gasteiger partial charge in [0.15, 0.2) is 0 Å². The molecule has 0 atom stereocenters. The van der Waals surface area contributed by atoms with Crippen LogP contribution in [0.1, 0.15) is 34.7 Å². The molecule has 6 nitrogen and oxygen atoms in total. The summed E-state index contributed by atoms with van der Waals surface area (Å²) in [5.74, 6) is -1.14. The Hall–Kier alpha value is -2.19. The maximum Gasteiger partial charge on any atom is 0.250 e. The number of aromatic amines is 1. The molecule has 1 saturated heterocycles. The fraction of sp³-hybridized carbons (Fsp3) is 0.312. The van der Waals surface area contributed by atoms with Gasteiger partial charge in [-0.1, -0.05) is 6.58 Å². The van der Waals surface area contributed by atoms with Crippen molar-refractivity contribution >= 4 is 26.8 Å². The molecule has 24 heavy (non-hydrogen) atoms. The van der Waals surface area contributed by atoms with Gasteiger partial charge in [0.05, 0.1) is 11.1 Å². The van der Waals surface area contributed by atoms with Crippen LogP contribution in [0.2, 0.25) is 0 Å². The van der Waals surface area contributed by atoms with E-state index < -0.39 is 21.7 Å². The molecule has 3 rings (SSSR count). The number of piperidine rings is 1. The largest absolute Gasteiger partial charge is 0.366 e. The number of carbonyl (C=O) groups excluding carboxylic acids is 1. The fourth-order valence-electron chi connectivity index (χ4n) is 3.28. The Morgan fingerprint density at radius 2 is 2.04 bits per heavy atom. The number of primary amides is 1. The van der Waals surface area contributed by atoms with Crippen molar-refractivity contribution in [2.75, 3.05) is 13.1 Å². The summed E-state index contributed by atoms with van der Waals surface area (Å²) in [5, 5.41) is 1.57. The van der Waals surface area contributed by atoms with Crippen LogP contribution in [0.5, 0.6) is 0 Å². The summed E-state index contributed by atoms with van der Waals surface area (Å²) >= 11 is 0. The lowest BCUT2D eigenvalue weighted by Crippen LogP contribution is -2.36. The van der Waals surface area contributed by atoms with Crippen LogP contribution in [0.4, 0.5) is 4.39 Å². The molecule has 0 unspecified atom stereocenters. The molecule has 3 N–H and O–H groups in total. The number of amides is 1. The van der Waals surface area contributed by atoms with Gasteiger partial charge < -0.3 is 10.7 Å². The topological polar surface area (TPSA) is 96.3 Å². The standard InChI is InChI=1S/C16H18FN3O3S/c1-2-24(22,23)20-5-3-10(4-6-20)14-9-19-15-12(14)7-11(17)8-13(15)16(18)21/h2,7-10,19H,1,3-6H2,(H2,18,21). The molecule has 1 aromatic carbocycles. The molecule has 1 amide bonds. The van der Waals surface area contributed by atoms with E-state index in [1.807, 2.05) is 0 Å². The van der Waals surface area contributed by atoms with Crippen LogP contribution in [0.15, 0.2) is 30.3 Å². The first-order valence-corrected chi connectivity index (χ1v) is 9.06. The first-order chi connectivity index (χ1) is 11.3. The maximum absolute atomic E-state index is 13.8. The molecule has 2 heterocycles. The zero-order valence-electron chi connectivity index (χ0n) is 13.0. The van der Waals surface area contributed by atoms with E-state index >= 15 is 0 Å². The van der Waals surface area contributed by atoms with E-state index in [1.165, 1.54) is 10.4 Å². The van der Waals surface area contributed by atoms with Crippen molar-refractivity contribution < 1.29 is 17.6 Å². The van der Waals surface area contributed by atoms with Crippen LogP contribution in [0.3, 0.4) is 0 Å². The number of nitrogens with one attached hydrogen (secondary N) is 1. The number of hydrogen-bond donors (Lipinski definition) is 2. The van der Waals surface area contributed by atoms with Gasteiger partial charge in [0.2, 0.25) is 10.0 Å². The number of fused-ring (bicyclic) bond motifs is 1. The number of H-pyrrole nitrogens is 1. The van der Waals surface area contributed by atoms with Crippen molar-refractivity contribution in [2.24, 2.45) is 5.73 Å². The lowest BCUT2D eigenvalue weighted by atomic mass is 9.89. The van der Waals surface area contributed by atoms with Gasteiger partial charge in [0.1, 0.15) is 5.82 Å². The van der Waals surface area contributed by atoms with E-state index in [0.717, 1.165) is 17.0 Å². The molecule has 2 aromatic rings. The molecule has 1 fully saturated rings. The van der Waals surface area contributed by atoms with Crippen molar-refractivity contribution in [2.45, 2.75) is 18.8 Å². The van der Waals surface area contributed by atoms with Crippen LogP contribution in [0.25, 0.3) is 10.9 Å². The first kappa shape index (κ1) is 16.7. The Bertz CT molecular complexity index is 912. The Kier molecular flexibility index (Phi) is 4.18. The summed E-state index contributed by atoms with van der Waals surface area (Å²) in [6.45, 7) is 4.09. The van der Waals surface area contributed by atoms with Gasteiger partial charge in [0, 0.05) is 30.1 Å². The van der Waals surface area contributed by atoms with Crippen LogP contribution >= 0.6 is 0 Å². The minimum atomic E-state index is -3.41. The lowest BCUT2D eigenvalue weighted by Gasteiger charge is -2.30. The summed E-state index contributed by atoms with van der Waals surface area (Å²) in [7, 11) is -3.41. The van der Waals surface area contributed by atoms with Gasteiger partial charge in [-0.25, -0.2) is 12.8 Å². The SMILES string of the molecule is C=CS(=O)(=O)N1CCC(c2c[nH]c3c(C(N)=O)cc(F)cc23)CC1. The van der Waals surface area contributed by atoms with Crippen LogP contribution in [-0.2, 0) is 10.0 Å². The molecule has 0 saturated carbocycles. The average molecular weight is 351 g/mol. The molecular weight excluding hydrogens is 333 g/mol. The number of rotatable bonds is 4. The van der Waals surface area contributed by atoms with Crippen molar-refractivity contribution in [3.05, 3.63) is 47.3 Å². The van der Waals surface area contributed by atoms with E-state index in [9.17, 15) is 17.6 Å². The molecule has 0 bridgehead atoms. The van der Waals surface area contributed by atoms with Gasteiger partial charge in [-0.3, -0.25) is 4.79 Å². The highest BCUT2D eigenvalue weighted by Crippen LogP contribution is 2.35. The van der Waals surface area contributed by atoms with Crippen LogP contribution in [-0.4, -0.2) is 36.7 Å². The third-order valence-corrected chi connectivity index (χ3v) is 6.02. The minimum absolute atomic E-state index is 0.0811. The smallest absolute Gasteiger partial charge is 0.250 e. The minimum Gasteiger partial charge on any atom is -0.366 e. The second-order valence-corrected chi connectivity index (χ2v) is 7.75. The molecule has 1 aromatic heterocycles. The normalized spacial score (nSPS) is 17.2. The van der Waals surface area contributed by atoms with E-state index in [1.54, 1.807) is 6.20 Å². The fourth-order valence-corrected chi connectivity index (χ4v) is 4.21. The Labute approximate surface area is 139 Å². The highest BCUT2D eigenvalue weighted by atomic mass is 32.2. The van der Waals surface area contributed by atoms with Crippen molar-refractivity contribution in [3.63, 3.8) is 0 Å². The quantitative estimate of drug-likeness (QED) is 0.882. The third kappa shape index (κ3) is 2.83. The second kappa shape index (κ2) is 6.03. The van der Waals surface area contributed by atoms with Gasteiger partial charge in [0.25, 0.3) is 5.91 Å². The van der Waals surface area contributed by atoms with Crippen molar-refractivity contribution in [1.82, 2.24) is 9.29 Å². The molecule has 1 aliphatic heterocycles. The number of benzene rings is 1. The summed E-state index contributed by atoms with van der Waals surface area (Å²) in [6.07, 6.45) is 2.98. The van der Waals surface area contributed by atoms with E-state index in [-0.39, 0.29) is 11.5 Å². The monoisotopic (exact) mass is 351 g/mol. The number of carbonyl (C=O) groups is 1. The van der Waals surface area contributed by atoms with E-state index in [2.05, 4.69) is 11.6 Å². The maximum atomic E-state index is 13.8.